The maximum atomic E-state index is 13.7. The SMILES string of the molecule is CC(C)C1=C([C@H](O)CC/C(=C/c2cccc(O)c2)c2ccccc2)[C@H](CO)[C@@H]2C(=O)N(c3ccccc3)C(=O)[C@@H]2C1. The van der Waals surface area contributed by atoms with Crippen LogP contribution in [0, 0.1) is 23.7 Å². The van der Waals surface area contributed by atoms with Crippen molar-refractivity contribution in [3.8, 4) is 5.75 Å². The molecule has 1 aliphatic carbocycles. The second-order valence-corrected chi connectivity index (χ2v) is 11.3. The molecule has 3 N–H and O–H groups in total. The molecular weight excluding hydrogens is 514 g/mol. The molecule has 3 aromatic carbocycles. The maximum Gasteiger partial charge on any atom is 0.238 e. The van der Waals surface area contributed by atoms with Crippen LogP contribution in [-0.2, 0) is 9.59 Å². The van der Waals surface area contributed by atoms with E-state index in [1.807, 2.05) is 62.4 Å². The molecule has 0 unspecified atom stereocenters. The molecular formula is C35H37NO5. The third kappa shape index (κ3) is 5.76. The van der Waals surface area contributed by atoms with Gasteiger partial charge in [-0.1, -0.05) is 86.2 Å². The fourth-order valence-electron chi connectivity index (χ4n) is 6.49. The van der Waals surface area contributed by atoms with E-state index in [0.717, 1.165) is 22.3 Å². The van der Waals surface area contributed by atoms with Gasteiger partial charge >= 0.3 is 0 Å². The van der Waals surface area contributed by atoms with Gasteiger partial charge in [0.25, 0.3) is 0 Å². The number of rotatable bonds is 9. The molecule has 0 radical (unpaired) electrons. The Bertz CT molecular complexity index is 1460. The van der Waals surface area contributed by atoms with E-state index < -0.39 is 23.9 Å². The largest absolute Gasteiger partial charge is 0.508 e. The van der Waals surface area contributed by atoms with E-state index in [0.29, 0.717) is 30.5 Å². The zero-order valence-corrected chi connectivity index (χ0v) is 23.5. The fourth-order valence-corrected chi connectivity index (χ4v) is 6.49. The van der Waals surface area contributed by atoms with Crippen LogP contribution >= 0.6 is 0 Å². The molecule has 0 saturated carbocycles. The predicted octanol–water partition coefficient (Wildman–Crippen LogP) is 5.84. The molecule has 4 atom stereocenters. The Kier molecular flexibility index (Phi) is 8.52. The van der Waals surface area contributed by atoms with Gasteiger partial charge in [0.05, 0.1) is 30.2 Å². The van der Waals surface area contributed by atoms with Gasteiger partial charge in [-0.25, -0.2) is 0 Å². The molecule has 3 aromatic rings. The number of fused-ring (bicyclic) bond motifs is 1. The third-order valence-corrected chi connectivity index (χ3v) is 8.43. The predicted molar refractivity (Wildman–Crippen MR) is 161 cm³/mol. The van der Waals surface area contributed by atoms with Crippen molar-refractivity contribution in [2.24, 2.45) is 23.7 Å². The lowest BCUT2D eigenvalue weighted by Crippen LogP contribution is -2.39. The van der Waals surface area contributed by atoms with E-state index in [1.165, 1.54) is 4.90 Å². The quantitative estimate of drug-likeness (QED) is 0.176. The van der Waals surface area contributed by atoms with Gasteiger partial charge in [0.2, 0.25) is 11.8 Å². The summed E-state index contributed by atoms with van der Waals surface area (Å²) in [6.07, 6.45) is 2.42. The number of para-hydroxylation sites is 1. The van der Waals surface area contributed by atoms with E-state index in [1.54, 1.807) is 42.5 Å². The molecule has 5 rings (SSSR count). The zero-order chi connectivity index (χ0) is 29.1. The minimum Gasteiger partial charge on any atom is -0.508 e. The number of benzene rings is 3. The maximum absolute atomic E-state index is 13.7. The van der Waals surface area contributed by atoms with E-state index in [4.69, 9.17) is 0 Å². The second kappa shape index (κ2) is 12.2. The van der Waals surface area contributed by atoms with Crippen molar-refractivity contribution < 1.29 is 24.9 Å². The van der Waals surface area contributed by atoms with Crippen molar-refractivity contribution >= 4 is 29.2 Å². The summed E-state index contributed by atoms with van der Waals surface area (Å²) in [6, 6.07) is 25.9. The van der Waals surface area contributed by atoms with Crippen LogP contribution in [0.1, 0.15) is 44.2 Å². The zero-order valence-electron chi connectivity index (χ0n) is 23.5. The highest BCUT2D eigenvalue weighted by atomic mass is 16.3. The Labute approximate surface area is 241 Å². The number of amides is 2. The van der Waals surface area contributed by atoms with Crippen molar-refractivity contribution in [3.05, 3.63) is 107 Å². The first-order valence-corrected chi connectivity index (χ1v) is 14.3. The minimum atomic E-state index is -0.893. The molecule has 0 bridgehead atoms. The van der Waals surface area contributed by atoms with Crippen molar-refractivity contribution in [3.63, 3.8) is 0 Å². The van der Waals surface area contributed by atoms with E-state index in [-0.39, 0.29) is 30.1 Å². The number of imide groups is 1. The standard InChI is InChI=1S/C35H37NO5/c1-22(2)28-20-29-33(35(41)36(34(29)40)26-13-7-4-8-14-26)30(21-37)32(28)31(39)17-16-25(24-11-5-3-6-12-24)18-23-10-9-15-27(38)19-23/h3-15,18-19,22,29-31,33,37-39H,16-17,20-21H2,1-2H3/b25-18-/t29-,30+,31-,33-/m1/s1. The van der Waals surface area contributed by atoms with E-state index in [2.05, 4.69) is 0 Å². The summed E-state index contributed by atoms with van der Waals surface area (Å²) >= 11 is 0. The van der Waals surface area contributed by atoms with Gasteiger partial charge in [0, 0.05) is 5.92 Å². The first-order valence-electron chi connectivity index (χ1n) is 14.3. The Balaban J connectivity index is 1.46. The summed E-state index contributed by atoms with van der Waals surface area (Å²) in [6.45, 7) is 3.74. The monoisotopic (exact) mass is 551 g/mol. The highest BCUT2D eigenvalue weighted by molar-refractivity contribution is 6.22. The van der Waals surface area contributed by atoms with Crippen molar-refractivity contribution in [2.45, 2.75) is 39.2 Å². The molecule has 0 spiro atoms. The number of phenolic OH excluding ortho intramolecular Hbond substituents is 1. The van der Waals surface area contributed by atoms with Crippen molar-refractivity contribution in [2.75, 3.05) is 11.5 Å². The summed E-state index contributed by atoms with van der Waals surface area (Å²) < 4.78 is 0. The van der Waals surface area contributed by atoms with Gasteiger partial charge < -0.3 is 15.3 Å². The number of hydrogen-bond donors (Lipinski definition) is 3. The number of anilines is 1. The molecule has 6 nitrogen and oxygen atoms in total. The van der Waals surface area contributed by atoms with Crippen LogP contribution in [-0.4, -0.2) is 39.8 Å². The molecule has 0 aromatic heterocycles. The second-order valence-electron chi connectivity index (χ2n) is 11.3. The number of aromatic hydroxyl groups is 1. The highest BCUT2D eigenvalue weighted by Gasteiger charge is 2.55. The lowest BCUT2D eigenvalue weighted by atomic mass is 9.66. The number of aliphatic hydroxyl groups is 2. The summed E-state index contributed by atoms with van der Waals surface area (Å²) in [5.41, 5.74) is 5.05. The number of hydrogen-bond acceptors (Lipinski definition) is 5. The van der Waals surface area contributed by atoms with Gasteiger partial charge in [-0.2, -0.15) is 0 Å². The smallest absolute Gasteiger partial charge is 0.238 e. The summed E-state index contributed by atoms with van der Waals surface area (Å²) in [7, 11) is 0. The molecule has 41 heavy (non-hydrogen) atoms. The van der Waals surface area contributed by atoms with Gasteiger partial charge in [-0.05, 0) is 71.7 Å². The van der Waals surface area contributed by atoms with Crippen LogP contribution in [0.3, 0.4) is 0 Å². The van der Waals surface area contributed by atoms with E-state index >= 15 is 0 Å². The highest BCUT2D eigenvalue weighted by Crippen LogP contribution is 2.49. The lowest BCUT2D eigenvalue weighted by Gasteiger charge is -2.38. The molecule has 2 amide bonds. The number of carbonyl (C=O) groups excluding carboxylic acids is 2. The topological polar surface area (TPSA) is 98.1 Å². The Morgan fingerprint density at radius 3 is 2.27 bits per heavy atom. The Morgan fingerprint density at radius 1 is 0.951 bits per heavy atom. The average molecular weight is 552 g/mol. The first kappa shape index (κ1) is 28.5. The van der Waals surface area contributed by atoms with Crippen LogP contribution in [0.5, 0.6) is 5.75 Å². The number of phenols is 1. The van der Waals surface area contributed by atoms with Gasteiger partial charge in [0.1, 0.15) is 5.75 Å². The van der Waals surface area contributed by atoms with Crippen LogP contribution in [0.15, 0.2) is 96.1 Å². The van der Waals surface area contributed by atoms with Crippen LogP contribution in [0.4, 0.5) is 5.69 Å². The van der Waals surface area contributed by atoms with Crippen LogP contribution < -0.4 is 4.90 Å². The van der Waals surface area contributed by atoms with Crippen LogP contribution in [0.25, 0.3) is 11.6 Å². The molecule has 212 valence electrons. The number of carbonyl (C=O) groups is 2. The lowest BCUT2D eigenvalue weighted by molar-refractivity contribution is -0.123. The third-order valence-electron chi connectivity index (χ3n) is 8.43. The van der Waals surface area contributed by atoms with Gasteiger partial charge in [-0.15, -0.1) is 0 Å². The van der Waals surface area contributed by atoms with Crippen molar-refractivity contribution in [1.29, 1.82) is 0 Å². The summed E-state index contributed by atoms with van der Waals surface area (Å²) in [5, 5.41) is 32.3. The minimum absolute atomic E-state index is 0.0414. The average Bonchev–Trinajstić information content (AvgIpc) is 3.23. The summed E-state index contributed by atoms with van der Waals surface area (Å²) in [5.74, 6) is -2.24. The normalized spacial score (nSPS) is 21.9. The molecule has 1 aliphatic heterocycles. The Morgan fingerprint density at radius 2 is 1.63 bits per heavy atom. The first-order chi connectivity index (χ1) is 19.8. The fraction of sp³-hybridized carbons (Fsp3) is 0.314. The molecule has 6 heteroatoms. The molecule has 1 saturated heterocycles. The van der Waals surface area contributed by atoms with Gasteiger partial charge in [-0.3, -0.25) is 14.5 Å². The van der Waals surface area contributed by atoms with Gasteiger partial charge in [0.15, 0.2) is 0 Å². The summed E-state index contributed by atoms with van der Waals surface area (Å²) in [4.78, 5) is 28.5. The van der Waals surface area contributed by atoms with Crippen LogP contribution in [0.2, 0.25) is 0 Å². The van der Waals surface area contributed by atoms with E-state index in [9.17, 15) is 24.9 Å². The number of nitrogens with zero attached hydrogens (tertiary/aromatic N) is 1. The molecule has 2 aliphatic rings. The number of aliphatic hydroxyl groups excluding tert-OH is 2. The van der Waals surface area contributed by atoms with Crippen molar-refractivity contribution in [1.82, 2.24) is 0 Å². The molecule has 1 heterocycles. The Hall–Kier alpha value is -4.00. The number of allylic oxidation sites excluding steroid dienone is 2. The molecule has 1 fully saturated rings.